The molecule has 0 aromatic heterocycles. The van der Waals surface area contributed by atoms with Crippen molar-refractivity contribution in [1.29, 1.82) is 0 Å². The van der Waals surface area contributed by atoms with E-state index in [1.165, 1.54) is 6.92 Å². The van der Waals surface area contributed by atoms with Crippen molar-refractivity contribution in [3.63, 3.8) is 0 Å². The highest BCUT2D eigenvalue weighted by molar-refractivity contribution is 5.86. The standard InChI is InChI=1S/C8H15NO6/c1-4(8(14)15)9-2-5(11)7(13)6(12)3-10/h4,6-7,9-10,12-13H,2-3H2,1H3,(H,14,15). The molecule has 5 N–H and O–H groups in total. The van der Waals surface area contributed by atoms with Gasteiger partial charge in [-0.1, -0.05) is 0 Å². The Morgan fingerprint density at radius 1 is 1.33 bits per heavy atom. The Balaban J connectivity index is 3.98. The van der Waals surface area contributed by atoms with E-state index in [-0.39, 0.29) is 6.54 Å². The van der Waals surface area contributed by atoms with Crippen LogP contribution in [-0.2, 0) is 9.59 Å². The first-order valence-electron chi connectivity index (χ1n) is 4.36. The molecule has 0 spiro atoms. The van der Waals surface area contributed by atoms with E-state index in [0.717, 1.165) is 0 Å². The molecule has 15 heavy (non-hydrogen) atoms. The molecule has 0 saturated heterocycles. The number of carbonyl (C=O) groups excluding carboxylic acids is 1. The summed E-state index contributed by atoms with van der Waals surface area (Å²) in [6.07, 6.45) is -3.25. The lowest BCUT2D eigenvalue weighted by molar-refractivity contribution is -0.139. The van der Waals surface area contributed by atoms with Gasteiger partial charge in [0.25, 0.3) is 0 Å². The number of aliphatic carboxylic acids is 1. The second-order valence-corrected chi connectivity index (χ2v) is 3.10. The van der Waals surface area contributed by atoms with Gasteiger partial charge in [-0.15, -0.1) is 0 Å². The molecule has 3 atom stereocenters. The van der Waals surface area contributed by atoms with Crippen molar-refractivity contribution >= 4 is 11.8 Å². The Hall–Kier alpha value is -1.02. The van der Waals surface area contributed by atoms with Crippen LogP contribution in [-0.4, -0.2) is 63.6 Å². The van der Waals surface area contributed by atoms with Crippen molar-refractivity contribution in [2.75, 3.05) is 13.2 Å². The van der Waals surface area contributed by atoms with Crippen molar-refractivity contribution in [3.8, 4) is 0 Å². The molecule has 0 bridgehead atoms. The predicted molar refractivity (Wildman–Crippen MR) is 49.2 cm³/mol. The van der Waals surface area contributed by atoms with Gasteiger partial charge >= 0.3 is 5.97 Å². The minimum Gasteiger partial charge on any atom is -0.480 e. The molecule has 0 aromatic carbocycles. The average Bonchev–Trinajstić information content (AvgIpc) is 2.22. The van der Waals surface area contributed by atoms with Gasteiger partial charge in [-0.25, -0.2) is 0 Å². The van der Waals surface area contributed by atoms with Crippen molar-refractivity contribution in [3.05, 3.63) is 0 Å². The van der Waals surface area contributed by atoms with Crippen LogP contribution in [0, 0.1) is 0 Å². The highest BCUT2D eigenvalue weighted by atomic mass is 16.4. The van der Waals surface area contributed by atoms with Crippen LogP contribution in [0.3, 0.4) is 0 Å². The van der Waals surface area contributed by atoms with Crippen LogP contribution in [0.25, 0.3) is 0 Å². The maximum Gasteiger partial charge on any atom is 0.320 e. The fourth-order valence-electron chi connectivity index (χ4n) is 0.760. The van der Waals surface area contributed by atoms with Gasteiger partial charge in [0.05, 0.1) is 13.2 Å². The van der Waals surface area contributed by atoms with Crippen LogP contribution in [0.15, 0.2) is 0 Å². The summed E-state index contributed by atoms with van der Waals surface area (Å²) >= 11 is 0. The molecule has 0 radical (unpaired) electrons. The lowest BCUT2D eigenvalue weighted by Gasteiger charge is -2.15. The molecule has 0 amide bonds. The zero-order valence-electron chi connectivity index (χ0n) is 8.25. The minimum atomic E-state index is -1.71. The highest BCUT2D eigenvalue weighted by Crippen LogP contribution is 1.94. The largest absolute Gasteiger partial charge is 0.480 e. The fraction of sp³-hybridized carbons (Fsp3) is 0.750. The van der Waals surface area contributed by atoms with E-state index in [1.807, 2.05) is 0 Å². The monoisotopic (exact) mass is 221 g/mol. The van der Waals surface area contributed by atoms with E-state index < -0.39 is 36.6 Å². The van der Waals surface area contributed by atoms with Crippen LogP contribution in [0.2, 0.25) is 0 Å². The molecule has 3 unspecified atom stereocenters. The molecule has 0 aliphatic carbocycles. The van der Waals surface area contributed by atoms with Crippen LogP contribution >= 0.6 is 0 Å². The summed E-state index contributed by atoms with van der Waals surface area (Å²) in [7, 11) is 0. The Morgan fingerprint density at radius 3 is 2.27 bits per heavy atom. The number of ketones is 1. The number of hydrogen-bond acceptors (Lipinski definition) is 6. The summed E-state index contributed by atoms with van der Waals surface area (Å²) in [6.45, 7) is 0.220. The van der Waals surface area contributed by atoms with E-state index in [2.05, 4.69) is 5.32 Å². The Morgan fingerprint density at radius 2 is 1.87 bits per heavy atom. The zero-order chi connectivity index (χ0) is 12.0. The molecule has 0 aliphatic rings. The number of aliphatic hydroxyl groups is 3. The Bertz CT molecular complexity index is 231. The third-order valence-electron chi connectivity index (χ3n) is 1.83. The van der Waals surface area contributed by atoms with Crippen LogP contribution in [0.5, 0.6) is 0 Å². The first-order chi connectivity index (χ1) is 6.90. The number of carboxylic acids is 1. The van der Waals surface area contributed by atoms with E-state index in [1.54, 1.807) is 0 Å². The number of rotatable bonds is 7. The second-order valence-electron chi connectivity index (χ2n) is 3.10. The maximum atomic E-state index is 11.1. The maximum absolute atomic E-state index is 11.1. The van der Waals surface area contributed by atoms with Crippen molar-refractivity contribution in [1.82, 2.24) is 5.32 Å². The molecule has 0 aliphatic heterocycles. The molecule has 0 heterocycles. The van der Waals surface area contributed by atoms with Gasteiger partial charge in [0.15, 0.2) is 5.78 Å². The molecule has 7 nitrogen and oxygen atoms in total. The number of carboxylic acid groups (broad SMARTS) is 1. The summed E-state index contributed by atoms with van der Waals surface area (Å²) in [5.74, 6) is -1.90. The van der Waals surface area contributed by atoms with Crippen molar-refractivity contribution in [2.24, 2.45) is 0 Å². The summed E-state index contributed by atoms with van der Waals surface area (Å²) < 4.78 is 0. The Kier molecular flexibility index (Phi) is 6.02. The van der Waals surface area contributed by atoms with Crippen LogP contribution in [0.4, 0.5) is 0 Å². The molecular weight excluding hydrogens is 206 g/mol. The third kappa shape index (κ3) is 4.84. The quantitative estimate of drug-likeness (QED) is 0.317. The average molecular weight is 221 g/mol. The second kappa shape index (κ2) is 6.46. The SMILES string of the molecule is CC(NCC(=O)C(O)C(O)CO)C(=O)O. The van der Waals surface area contributed by atoms with Crippen molar-refractivity contribution in [2.45, 2.75) is 25.2 Å². The normalized spacial score (nSPS) is 16.8. The Labute approximate surface area is 86.3 Å². The van der Waals surface area contributed by atoms with Crippen LogP contribution < -0.4 is 5.32 Å². The fourth-order valence-corrected chi connectivity index (χ4v) is 0.760. The van der Waals surface area contributed by atoms with E-state index in [0.29, 0.717) is 0 Å². The molecular formula is C8H15NO6. The molecule has 0 fully saturated rings. The van der Waals surface area contributed by atoms with E-state index in [9.17, 15) is 9.59 Å². The van der Waals surface area contributed by atoms with Gasteiger partial charge in [-0.2, -0.15) is 0 Å². The van der Waals surface area contributed by atoms with Crippen LogP contribution in [0.1, 0.15) is 6.92 Å². The number of hydrogen-bond donors (Lipinski definition) is 5. The smallest absolute Gasteiger partial charge is 0.320 e. The third-order valence-corrected chi connectivity index (χ3v) is 1.83. The zero-order valence-corrected chi connectivity index (χ0v) is 8.25. The molecule has 0 aromatic rings. The van der Waals surface area contributed by atoms with E-state index in [4.69, 9.17) is 20.4 Å². The predicted octanol–water partition coefficient (Wildman–Crippen LogP) is -2.67. The number of aliphatic hydroxyl groups excluding tert-OH is 3. The first-order valence-corrected chi connectivity index (χ1v) is 4.36. The highest BCUT2D eigenvalue weighted by Gasteiger charge is 2.24. The van der Waals surface area contributed by atoms with Gasteiger partial charge in [0.2, 0.25) is 0 Å². The summed E-state index contributed by atoms with van der Waals surface area (Å²) in [5.41, 5.74) is 0. The molecule has 0 saturated carbocycles. The van der Waals surface area contributed by atoms with Gasteiger partial charge < -0.3 is 20.4 Å². The molecule has 7 heteroatoms. The summed E-state index contributed by atoms with van der Waals surface area (Å²) in [4.78, 5) is 21.4. The number of nitrogens with one attached hydrogen (secondary N) is 1. The topological polar surface area (TPSA) is 127 Å². The number of Topliss-reactive ketones (excluding diaryl/α,β-unsaturated/α-hetero) is 1. The van der Waals surface area contributed by atoms with Crippen molar-refractivity contribution < 1.29 is 30.0 Å². The van der Waals surface area contributed by atoms with E-state index >= 15 is 0 Å². The lowest BCUT2D eigenvalue weighted by Crippen LogP contribution is -2.44. The molecule has 0 rings (SSSR count). The minimum absolute atomic E-state index is 0.383. The first kappa shape index (κ1) is 14.0. The van der Waals surface area contributed by atoms with Gasteiger partial charge in [-0.05, 0) is 6.92 Å². The molecule has 88 valence electrons. The van der Waals surface area contributed by atoms with Gasteiger partial charge in [-0.3, -0.25) is 14.9 Å². The van der Waals surface area contributed by atoms with Gasteiger partial charge in [0, 0.05) is 0 Å². The number of carbonyl (C=O) groups is 2. The lowest BCUT2D eigenvalue weighted by atomic mass is 10.1. The summed E-state index contributed by atoms with van der Waals surface area (Å²) in [6, 6.07) is -0.924. The van der Waals surface area contributed by atoms with Gasteiger partial charge in [0.1, 0.15) is 18.2 Å². The summed E-state index contributed by atoms with van der Waals surface area (Å²) in [5, 5.41) is 37.2.